The van der Waals surface area contributed by atoms with Gasteiger partial charge in [-0.1, -0.05) is 6.92 Å². The van der Waals surface area contributed by atoms with Gasteiger partial charge in [-0.3, -0.25) is 4.99 Å². The molecule has 0 aliphatic heterocycles. The summed E-state index contributed by atoms with van der Waals surface area (Å²) in [6, 6.07) is 5.68. The molecule has 4 heteroatoms. The molecular weight excluding hydrogens is 256 g/mol. The molecule has 0 amide bonds. The third kappa shape index (κ3) is 3.23. The number of benzene rings is 1. The quantitative estimate of drug-likeness (QED) is 0.675. The number of nitrogens with two attached hydrogens (primary N) is 1. The molecule has 15 heavy (non-hydrogen) atoms. The van der Waals surface area contributed by atoms with E-state index < -0.39 is 0 Å². The predicted molar refractivity (Wildman–Crippen MR) is 66.6 cm³/mol. The highest BCUT2D eigenvalue weighted by atomic mass is 79.9. The number of aliphatic imine (C=N–C) groups is 1. The van der Waals surface area contributed by atoms with Crippen molar-refractivity contribution < 1.29 is 4.74 Å². The lowest BCUT2D eigenvalue weighted by molar-refractivity contribution is 0.412. The molecule has 1 aromatic carbocycles. The Morgan fingerprint density at radius 1 is 1.53 bits per heavy atom. The van der Waals surface area contributed by atoms with Gasteiger partial charge in [-0.05, 0) is 40.5 Å². The summed E-state index contributed by atoms with van der Waals surface area (Å²) < 4.78 is 6.02. The van der Waals surface area contributed by atoms with E-state index in [-0.39, 0.29) is 0 Å². The van der Waals surface area contributed by atoms with E-state index in [1.54, 1.807) is 7.11 Å². The van der Waals surface area contributed by atoms with Gasteiger partial charge in [0.25, 0.3) is 0 Å². The van der Waals surface area contributed by atoms with Gasteiger partial charge in [0.05, 0.1) is 11.6 Å². The molecule has 0 heterocycles. The highest BCUT2D eigenvalue weighted by Crippen LogP contribution is 2.25. The summed E-state index contributed by atoms with van der Waals surface area (Å²) >= 11 is 3.41. The van der Waals surface area contributed by atoms with Gasteiger partial charge in [-0.25, -0.2) is 0 Å². The van der Waals surface area contributed by atoms with Crippen LogP contribution in [0.5, 0.6) is 5.75 Å². The van der Waals surface area contributed by atoms with Gasteiger partial charge in [0, 0.05) is 12.1 Å². The number of ether oxygens (including phenoxy) is 1. The van der Waals surface area contributed by atoms with E-state index in [2.05, 4.69) is 27.8 Å². The topological polar surface area (TPSA) is 47.6 Å². The molecule has 0 aliphatic rings. The zero-order valence-electron chi connectivity index (χ0n) is 8.96. The molecule has 0 saturated heterocycles. The number of hydrogen-bond acceptors (Lipinski definition) is 2. The number of nitrogens with zero attached hydrogens (tertiary/aromatic N) is 1. The summed E-state index contributed by atoms with van der Waals surface area (Å²) in [4.78, 5) is 4.24. The Morgan fingerprint density at radius 3 is 2.80 bits per heavy atom. The van der Waals surface area contributed by atoms with Crippen LogP contribution in [0.15, 0.2) is 27.7 Å². The molecule has 2 N–H and O–H groups in total. The molecule has 0 aliphatic carbocycles. The van der Waals surface area contributed by atoms with E-state index in [0.29, 0.717) is 5.84 Å². The summed E-state index contributed by atoms with van der Waals surface area (Å²) in [7, 11) is 1.63. The molecule has 1 rings (SSSR count). The minimum absolute atomic E-state index is 0.570. The average molecular weight is 271 g/mol. The van der Waals surface area contributed by atoms with Crippen molar-refractivity contribution in [3.8, 4) is 5.75 Å². The fraction of sp³-hybridized carbons (Fsp3) is 0.364. The largest absolute Gasteiger partial charge is 0.496 e. The predicted octanol–water partition coefficient (Wildman–Crippen LogP) is 2.57. The molecule has 0 radical (unpaired) electrons. The van der Waals surface area contributed by atoms with Crippen LogP contribution < -0.4 is 10.5 Å². The van der Waals surface area contributed by atoms with Gasteiger partial charge >= 0.3 is 0 Å². The zero-order chi connectivity index (χ0) is 11.3. The van der Waals surface area contributed by atoms with Crippen LogP contribution >= 0.6 is 15.9 Å². The monoisotopic (exact) mass is 270 g/mol. The van der Waals surface area contributed by atoms with E-state index in [9.17, 15) is 0 Å². The molecule has 1 aromatic rings. The molecule has 0 aromatic heterocycles. The molecule has 0 spiro atoms. The second-order valence-electron chi connectivity index (χ2n) is 3.12. The van der Waals surface area contributed by atoms with Gasteiger partial charge in [-0.15, -0.1) is 0 Å². The normalized spacial score (nSPS) is 11.5. The van der Waals surface area contributed by atoms with Gasteiger partial charge in [0.1, 0.15) is 11.6 Å². The highest BCUT2D eigenvalue weighted by Gasteiger charge is 2.03. The summed E-state index contributed by atoms with van der Waals surface area (Å²) in [5.74, 6) is 1.36. The van der Waals surface area contributed by atoms with Gasteiger partial charge in [0.2, 0.25) is 0 Å². The van der Waals surface area contributed by atoms with Crippen molar-refractivity contribution in [1.82, 2.24) is 0 Å². The number of hydrogen-bond donors (Lipinski definition) is 1. The SMILES string of the molecule is CCCN=C(N)c1ccc(OC)c(Br)c1. The lowest BCUT2D eigenvalue weighted by Gasteiger charge is -2.05. The Labute approximate surface area is 98.5 Å². The van der Waals surface area contributed by atoms with Crippen molar-refractivity contribution in [3.63, 3.8) is 0 Å². The molecule has 0 atom stereocenters. The molecule has 0 bridgehead atoms. The Balaban J connectivity index is 2.92. The van der Waals surface area contributed by atoms with Crippen LogP contribution in [0.2, 0.25) is 0 Å². The second kappa shape index (κ2) is 5.75. The third-order valence-corrected chi connectivity index (χ3v) is 2.57. The standard InChI is InChI=1S/C11H15BrN2O/c1-3-6-14-11(13)8-4-5-10(15-2)9(12)7-8/h4-5,7H,3,6H2,1-2H3,(H2,13,14). The molecule has 82 valence electrons. The lowest BCUT2D eigenvalue weighted by Crippen LogP contribution is -2.13. The number of methoxy groups -OCH3 is 1. The van der Waals surface area contributed by atoms with E-state index in [1.807, 2.05) is 18.2 Å². The van der Waals surface area contributed by atoms with Gasteiger partial charge < -0.3 is 10.5 Å². The first-order chi connectivity index (χ1) is 7.19. The van der Waals surface area contributed by atoms with Crippen LogP contribution in [0.25, 0.3) is 0 Å². The van der Waals surface area contributed by atoms with E-state index in [0.717, 1.165) is 28.8 Å². The van der Waals surface area contributed by atoms with Gasteiger partial charge in [0.15, 0.2) is 0 Å². The maximum Gasteiger partial charge on any atom is 0.133 e. The van der Waals surface area contributed by atoms with Crippen molar-refractivity contribution in [2.45, 2.75) is 13.3 Å². The molecule has 0 fully saturated rings. The Morgan fingerprint density at radius 2 is 2.27 bits per heavy atom. The summed E-state index contributed by atoms with van der Waals surface area (Å²) in [6.07, 6.45) is 0.998. The van der Waals surface area contributed by atoms with Crippen molar-refractivity contribution >= 4 is 21.8 Å². The number of amidine groups is 1. The summed E-state index contributed by atoms with van der Waals surface area (Å²) in [5.41, 5.74) is 6.74. The van der Waals surface area contributed by atoms with E-state index in [4.69, 9.17) is 10.5 Å². The van der Waals surface area contributed by atoms with Crippen molar-refractivity contribution in [2.75, 3.05) is 13.7 Å². The van der Waals surface area contributed by atoms with Crippen molar-refractivity contribution in [1.29, 1.82) is 0 Å². The average Bonchev–Trinajstić information content (AvgIpc) is 2.25. The molecule has 3 nitrogen and oxygen atoms in total. The Hall–Kier alpha value is -1.03. The maximum atomic E-state index is 5.83. The first-order valence-electron chi connectivity index (χ1n) is 4.83. The molecule has 0 unspecified atom stereocenters. The zero-order valence-corrected chi connectivity index (χ0v) is 10.5. The summed E-state index contributed by atoms with van der Waals surface area (Å²) in [5, 5.41) is 0. The van der Waals surface area contributed by atoms with Crippen molar-refractivity contribution in [2.24, 2.45) is 10.7 Å². The highest BCUT2D eigenvalue weighted by molar-refractivity contribution is 9.10. The van der Waals surface area contributed by atoms with E-state index >= 15 is 0 Å². The summed E-state index contributed by atoms with van der Waals surface area (Å²) in [6.45, 7) is 2.83. The fourth-order valence-electron chi connectivity index (χ4n) is 1.15. The van der Waals surface area contributed by atoms with Crippen LogP contribution in [0.4, 0.5) is 0 Å². The lowest BCUT2D eigenvalue weighted by atomic mass is 10.2. The Kier molecular flexibility index (Phi) is 4.62. The first-order valence-corrected chi connectivity index (χ1v) is 5.62. The van der Waals surface area contributed by atoms with Crippen molar-refractivity contribution in [3.05, 3.63) is 28.2 Å². The van der Waals surface area contributed by atoms with Crippen LogP contribution in [0.3, 0.4) is 0 Å². The minimum atomic E-state index is 0.570. The first kappa shape index (κ1) is 12.0. The molecular formula is C11H15BrN2O. The van der Waals surface area contributed by atoms with Gasteiger partial charge in [-0.2, -0.15) is 0 Å². The third-order valence-electron chi connectivity index (χ3n) is 1.95. The smallest absolute Gasteiger partial charge is 0.133 e. The number of halogens is 1. The second-order valence-corrected chi connectivity index (χ2v) is 3.97. The Bertz CT molecular complexity index is 364. The number of rotatable bonds is 4. The van der Waals surface area contributed by atoms with E-state index in [1.165, 1.54) is 0 Å². The maximum absolute atomic E-state index is 5.83. The van der Waals surface area contributed by atoms with Crippen LogP contribution in [0, 0.1) is 0 Å². The molecule has 0 saturated carbocycles. The van der Waals surface area contributed by atoms with Crippen LogP contribution in [-0.2, 0) is 0 Å². The fourth-order valence-corrected chi connectivity index (χ4v) is 1.69. The minimum Gasteiger partial charge on any atom is -0.496 e. The van der Waals surface area contributed by atoms with Crippen LogP contribution in [-0.4, -0.2) is 19.5 Å². The van der Waals surface area contributed by atoms with Crippen LogP contribution in [0.1, 0.15) is 18.9 Å².